The first-order chi connectivity index (χ1) is 7.72. The summed E-state index contributed by atoms with van der Waals surface area (Å²) in [5, 5.41) is 5.88. The summed E-state index contributed by atoms with van der Waals surface area (Å²) in [4.78, 5) is 13.7. The Kier molecular flexibility index (Phi) is 5.68. The molecule has 1 rings (SSSR count). The van der Waals surface area contributed by atoms with Crippen LogP contribution in [0.1, 0.15) is 0 Å². The first-order valence-electron chi connectivity index (χ1n) is 5.44. The van der Waals surface area contributed by atoms with Crippen molar-refractivity contribution < 1.29 is 14.3 Å². The molecule has 1 unspecified atom stereocenters. The molecule has 1 aliphatic rings. The molecule has 0 aromatic carbocycles. The topological polar surface area (TPSA) is 62.8 Å². The van der Waals surface area contributed by atoms with E-state index in [9.17, 15) is 4.79 Å². The van der Waals surface area contributed by atoms with Crippen molar-refractivity contribution in [2.45, 2.75) is 12.3 Å². The van der Waals surface area contributed by atoms with E-state index in [1.165, 1.54) is 0 Å². The van der Waals surface area contributed by atoms with Gasteiger partial charge in [0, 0.05) is 40.9 Å². The minimum atomic E-state index is -0.287. The number of hydrogen-bond acceptors (Lipinski definition) is 5. The molecule has 94 valence electrons. The van der Waals surface area contributed by atoms with Crippen LogP contribution in [0.3, 0.4) is 0 Å². The van der Waals surface area contributed by atoms with Gasteiger partial charge in [0.2, 0.25) is 5.91 Å². The zero-order valence-corrected chi connectivity index (χ0v) is 10.2. The van der Waals surface area contributed by atoms with E-state index in [2.05, 4.69) is 15.5 Å². The SMILES string of the molecule is CNC(=O)C1CNCCN1CC(OC)OC. The summed E-state index contributed by atoms with van der Waals surface area (Å²) in [7, 11) is 4.86. The van der Waals surface area contributed by atoms with Crippen LogP contribution in [0.15, 0.2) is 0 Å². The normalized spacial score (nSPS) is 22.4. The molecule has 0 radical (unpaired) electrons. The predicted octanol–water partition coefficient (Wildman–Crippen LogP) is -1.37. The lowest BCUT2D eigenvalue weighted by molar-refractivity contribution is -0.137. The molecule has 2 N–H and O–H groups in total. The summed E-state index contributed by atoms with van der Waals surface area (Å²) in [6.45, 7) is 2.97. The van der Waals surface area contributed by atoms with Crippen LogP contribution in [0.25, 0.3) is 0 Å². The molecule has 0 aromatic rings. The molecule has 0 bridgehead atoms. The van der Waals surface area contributed by atoms with E-state index in [1.54, 1.807) is 21.3 Å². The van der Waals surface area contributed by atoms with Gasteiger partial charge in [0.25, 0.3) is 0 Å². The Hall–Kier alpha value is -0.690. The van der Waals surface area contributed by atoms with Crippen LogP contribution in [-0.2, 0) is 14.3 Å². The van der Waals surface area contributed by atoms with Gasteiger partial charge in [-0.1, -0.05) is 0 Å². The number of carbonyl (C=O) groups excluding carboxylic acids is 1. The van der Waals surface area contributed by atoms with Gasteiger partial charge in [-0.2, -0.15) is 0 Å². The minimum absolute atomic E-state index is 0.0261. The second kappa shape index (κ2) is 6.80. The van der Waals surface area contributed by atoms with Crippen LogP contribution >= 0.6 is 0 Å². The molecule has 16 heavy (non-hydrogen) atoms. The van der Waals surface area contributed by atoms with E-state index in [-0.39, 0.29) is 18.2 Å². The van der Waals surface area contributed by atoms with Gasteiger partial charge in [0.1, 0.15) is 6.04 Å². The third-order valence-corrected chi connectivity index (χ3v) is 2.81. The summed E-state index contributed by atoms with van der Waals surface area (Å²) >= 11 is 0. The predicted molar refractivity (Wildman–Crippen MR) is 60.1 cm³/mol. The van der Waals surface area contributed by atoms with Crippen molar-refractivity contribution in [3.8, 4) is 0 Å². The van der Waals surface area contributed by atoms with Crippen LogP contribution in [0, 0.1) is 0 Å². The Labute approximate surface area is 96.3 Å². The first kappa shape index (κ1) is 13.4. The Morgan fingerprint density at radius 2 is 2.25 bits per heavy atom. The average molecular weight is 231 g/mol. The van der Waals surface area contributed by atoms with E-state index in [4.69, 9.17) is 9.47 Å². The quantitative estimate of drug-likeness (QED) is 0.571. The maximum Gasteiger partial charge on any atom is 0.238 e. The number of likely N-dealkylation sites (N-methyl/N-ethyl adjacent to an activating group) is 1. The van der Waals surface area contributed by atoms with Crippen molar-refractivity contribution in [3.63, 3.8) is 0 Å². The molecule has 6 heteroatoms. The highest BCUT2D eigenvalue weighted by atomic mass is 16.7. The smallest absolute Gasteiger partial charge is 0.238 e. The van der Waals surface area contributed by atoms with Gasteiger partial charge in [0.05, 0.1) is 6.54 Å². The fourth-order valence-electron chi connectivity index (χ4n) is 1.83. The lowest BCUT2D eigenvalue weighted by atomic mass is 10.1. The third kappa shape index (κ3) is 3.41. The molecule has 0 saturated carbocycles. The van der Waals surface area contributed by atoms with Crippen molar-refractivity contribution in [2.75, 3.05) is 47.4 Å². The van der Waals surface area contributed by atoms with E-state index >= 15 is 0 Å². The second-order valence-electron chi connectivity index (χ2n) is 3.73. The number of carbonyl (C=O) groups is 1. The van der Waals surface area contributed by atoms with Crippen molar-refractivity contribution in [2.24, 2.45) is 0 Å². The zero-order chi connectivity index (χ0) is 12.0. The standard InChI is InChI=1S/C10H21N3O3/c1-11-10(14)8-6-12-4-5-13(8)7-9(15-2)16-3/h8-9,12H,4-7H2,1-3H3,(H,11,14). The van der Waals surface area contributed by atoms with Gasteiger partial charge in [-0.25, -0.2) is 0 Å². The van der Waals surface area contributed by atoms with Gasteiger partial charge < -0.3 is 20.1 Å². The van der Waals surface area contributed by atoms with E-state index in [0.29, 0.717) is 13.1 Å². The minimum Gasteiger partial charge on any atom is -0.358 e. The third-order valence-electron chi connectivity index (χ3n) is 2.81. The maximum atomic E-state index is 11.7. The Morgan fingerprint density at radius 3 is 2.81 bits per heavy atom. The summed E-state index contributed by atoms with van der Waals surface area (Å²) in [6.07, 6.45) is -0.287. The number of nitrogens with one attached hydrogen (secondary N) is 2. The highest BCUT2D eigenvalue weighted by Crippen LogP contribution is 2.06. The number of hydrogen-bond donors (Lipinski definition) is 2. The highest BCUT2D eigenvalue weighted by Gasteiger charge is 2.29. The van der Waals surface area contributed by atoms with Gasteiger partial charge in [-0.05, 0) is 0 Å². The Bertz CT molecular complexity index is 221. The summed E-state index contributed by atoms with van der Waals surface area (Å²) < 4.78 is 10.3. The monoisotopic (exact) mass is 231 g/mol. The van der Waals surface area contributed by atoms with E-state index in [1.807, 2.05) is 0 Å². The average Bonchev–Trinajstić information content (AvgIpc) is 2.35. The molecule has 1 saturated heterocycles. The van der Waals surface area contributed by atoms with Gasteiger partial charge >= 0.3 is 0 Å². The molecule has 0 aliphatic carbocycles. The molecule has 1 fully saturated rings. The number of methoxy groups -OCH3 is 2. The fraction of sp³-hybridized carbons (Fsp3) is 0.900. The molecule has 1 heterocycles. The van der Waals surface area contributed by atoms with Gasteiger partial charge in [0.15, 0.2) is 6.29 Å². The fourth-order valence-corrected chi connectivity index (χ4v) is 1.83. The summed E-state index contributed by atoms with van der Waals surface area (Å²) in [5.41, 5.74) is 0. The molecule has 0 spiro atoms. The molecule has 6 nitrogen and oxygen atoms in total. The zero-order valence-electron chi connectivity index (χ0n) is 10.2. The molecule has 1 atom stereocenters. The summed E-state index contributed by atoms with van der Waals surface area (Å²) in [6, 6.07) is -0.147. The lowest BCUT2D eigenvalue weighted by Gasteiger charge is -2.36. The molecule has 1 aliphatic heterocycles. The van der Waals surface area contributed by atoms with Crippen molar-refractivity contribution in [1.29, 1.82) is 0 Å². The second-order valence-corrected chi connectivity index (χ2v) is 3.73. The summed E-state index contributed by atoms with van der Waals surface area (Å²) in [5.74, 6) is 0.0261. The van der Waals surface area contributed by atoms with E-state index < -0.39 is 0 Å². The van der Waals surface area contributed by atoms with Crippen molar-refractivity contribution in [1.82, 2.24) is 15.5 Å². The van der Waals surface area contributed by atoms with Gasteiger partial charge in [-0.3, -0.25) is 9.69 Å². The number of piperazine rings is 1. The largest absolute Gasteiger partial charge is 0.358 e. The lowest BCUT2D eigenvalue weighted by Crippen LogP contribution is -2.59. The van der Waals surface area contributed by atoms with Crippen LogP contribution in [0.2, 0.25) is 0 Å². The highest BCUT2D eigenvalue weighted by molar-refractivity contribution is 5.81. The van der Waals surface area contributed by atoms with Crippen LogP contribution in [-0.4, -0.2) is 70.6 Å². The first-order valence-corrected chi connectivity index (χ1v) is 5.44. The number of nitrogens with zero attached hydrogens (tertiary/aromatic N) is 1. The molecular formula is C10H21N3O3. The van der Waals surface area contributed by atoms with Crippen LogP contribution < -0.4 is 10.6 Å². The van der Waals surface area contributed by atoms with Crippen molar-refractivity contribution >= 4 is 5.91 Å². The number of rotatable bonds is 5. The number of ether oxygens (including phenoxy) is 2. The maximum absolute atomic E-state index is 11.7. The molecule has 0 aromatic heterocycles. The van der Waals surface area contributed by atoms with Crippen LogP contribution in [0.4, 0.5) is 0 Å². The molecular weight excluding hydrogens is 210 g/mol. The van der Waals surface area contributed by atoms with Crippen LogP contribution in [0.5, 0.6) is 0 Å². The van der Waals surface area contributed by atoms with Crippen molar-refractivity contribution in [3.05, 3.63) is 0 Å². The van der Waals surface area contributed by atoms with E-state index in [0.717, 1.165) is 13.1 Å². The molecule has 1 amide bonds. The number of amides is 1. The Morgan fingerprint density at radius 1 is 1.56 bits per heavy atom. The van der Waals surface area contributed by atoms with Gasteiger partial charge in [-0.15, -0.1) is 0 Å². The Balaban J connectivity index is 2.55.